The van der Waals surface area contributed by atoms with E-state index in [1.54, 1.807) is 0 Å². The Morgan fingerprint density at radius 1 is 1.19 bits per heavy atom. The summed E-state index contributed by atoms with van der Waals surface area (Å²) in [7, 11) is 0. The molecule has 32 heavy (non-hydrogen) atoms. The number of hydrogen-bond acceptors (Lipinski definition) is 4. The molecular formula is C27H28N2O3. The predicted octanol–water partition coefficient (Wildman–Crippen LogP) is 4.75. The van der Waals surface area contributed by atoms with Crippen LogP contribution in [0.2, 0.25) is 0 Å². The SMILES string of the molecule is CC1=C(CN2CC(C(=O)O)C2)CCc2cc(OCc3ccc(C#N)c(C4CC4)c3)ccc21. The molecule has 0 unspecified atom stereocenters. The summed E-state index contributed by atoms with van der Waals surface area (Å²) in [5.74, 6) is 0.536. The lowest BCUT2D eigenvalue weighted by Crippen LogP contribution is -2.50. The van der Waals surface area contributed by atoms with Gasteiger partial charge in [-0.3, -0.25) is 9.69 Å². The molecule has 5 nitrogen and oxygen atoms in total. The van der Waals surface area contributed by atoms with Crippen LogP contribution in [0.25, 0.3) is 5.57 Å². The number of aryl methyl sites for hydroxylation is 1. The summed E-state index contributed by atoms with van der Waals surface area (Å²) < 4.78 is 6.11. The maximum absolute atomic E-state index is 11.0. The van der Waals surface area contributed by atoms with Crippen LogP contribution in [-0.2, 0) is 17.8 Å². The zero-order valence-corrected chi connectivity index (χ0v) is 18.4. The molecule has 0 bridgehead atoms. The van der Waals surface area contributed by atoms with Crippen molar-refractivity contribution in [3.8, 4) is 11.8 Å². The van der Waals surface area contributed by atoms with Gasteiger partial charge in [-0.2, -0.15) is 5.26 Å². The molecule has 1 saturated carbocycles. The molecule has 1 heterocycles. The van der Waals surface area contributed by atoms with Gasteiger partial charge in [-0.25, -0.2) is 0 Å². The third-order valence-corrected chi connectivity index (χ3v) is 7.09. The van der Waals surface area contributed by atoms with Gasteiger partial charge in [0.15, 0.2) is 0 Å². The van der Waals surface area contributed by atoms with Gasteiger partial charge in [0.05, 0.1) is 17.6 Å². The van der Waals surface area contributed by atoms with Gasteiger partial charge in [-0.1, -0.05) is 23.8 Å². The molecule has 0 spiro atoms. The Morgan fingerprint density at radius 3 is 2.72 bits per heavy atom. The number of carbonyl (C=O) groups is 1. The van der Waals surface area contributed by atoms with Crippen LogP contribution in [0.15, 0.2) is 42.0 Å². The van der Waals surface area contributed by atoms with Crippen molar-refractivity contribution >= 4 is 11.5 Å². The van der Waals surface area contributed by atoms with Crippen molar-refractivity contribution in [1.29, 1.82) is 5.26 Å². The summed E-state index contributed by atoms with van der Waals surface area (Å²) in [5, 5.41) is 18.4. The number of ether oxygens (including phenoxy) is 1. The van der Waals surface area contributed by atoms with E-state index in [9.17, 15) is 10.1 Å². The predicted molar refractivity (Wildman–Crippen MR) is 122 cm³/mol. The van der Waals surface area contributed by atoms with Crippen LogP contribution in [0.4, 0.5) is 0 Å². The van der Waals surface area contributed by atoms with E-state index < -0.39 is 5.97 Å². The number of likely N-dealkylation sites (tertiary alicyclic amines) is 1. The zero-order chi connectivity index (χ0) is 22.2. The van der Waals surface area contributed by atoms with Crippen molar-refractivity contribution in [3.05, 3.63) is 69.8 Å². The van der Waals surface area contributed by atoms with Gasteiger partial charge in [-0.15, -0.1) is 0 Å². The monoisotopic (exact) mass is 428 g/mol. The molecule has 1 N–H and O–H groups in total. The van der Waals surface area contributed by atoms with Gasteiger partial charge in [0.2, 0.25) is 0 Å². The Bertz CT molecular complexity index is 1130. The maximum Gasteiger partial charge on any atom is 0.309 e. The van der Waals surface area contributed by atoms with E-state index in [0.29, 0.717) is 25.6 Å². The molecule has 2 aromatic rings. The second-order valence-corrected chi connectivity index (χ2v) is 9.37. The normalized spacial score (nSPS) is 18.6. The van der Waals surface area contributed by atoms with E-state index in [-0.39, 0.29) is 5.92 Å². The largest absolute Gasteiger partial charge is 0.489 e. The van der Waals surface area contributed by atoms with Crippen molar-refractivity contribution in [2.24, 2.45) is 5.92 Å². The van der Waals surface area contributed by atoms with Gasteiger partial charge in [-0.05, 0) is 84.6 Å². The minimum absolute atomic E-state index is 0.206. The topological polar surface area (TPSA) is 73.6 Å². The minimum atomic E-state index is -0.682. The highest BCUT2D eigenvalue weighted by Gasteiger charge is 2.33. The van der Waals surface area contributed by atoms with E-state index >= 15 is 0 Å². The third-order valence-electron chi connectivity index (χ3n) is 7.09. The molecule has 5 heteroatoms. The first-order chi connectivity index (χ1) is 15.5. The molecule has 164 valence electrons. The Kier molecular flexibility index (Phi) is 5.48. The first-order valence-electron chi connectivity index (χ1n) is 11.4. The third kappa shape index (κ3) is 4.16. The number of carboxylic acids is 1. The number of aliphatic carboxylic acids is 1. The number of fused-ring (bicyclic) bond motifs is 1. The van der Waals surface area contributed by atoms with Crippen LogP contribution in [0.3, 0.4) is 0 Å². The fourth-order valence-corrected chi connectivity index (χ4v) is 4.92. The molecule has 1 aliphatic heterocycles. The number of allylic oxidation sites excluding steroid dienone is 1. The number of carboxylic acid groups (broad SMARTS) is 1. The minimum Gasteiger partial charge on any atom is -0.489 e. The number of nitrogens with zero attached hydrogens (tertiary/aromatic N) is 2. The Hall–Kier alpha value is -3.10. The second kappa shape index (κ2) is 8.44. The lowest BCUT2D eigenvalue weighted by molar-refractivity contribution is -0.147. The standard InChI is InChI=1S/C27H28N2O3/c1-17-22(13-29-14-23(15-29)27(30)31)7-6-20-11-24(8-9-25(17)20)32-16-18-2-3-21(12-28)26(10-18)19-4-5-19/h2-3,8-11,19,23H,4-7,13-16H2,1H3,(H,30,31). The Balaban J connectivity index is 1.24. The van der Waals surface area contributed by atoms with Gasteiger partial charge in [0.25, 0.3) is 0 Å². The summed E-state index contributed by atoms with van der Waals surface area (Å²) in [6.45, 7) is 4.87. The Labute approximate surface area is 188 Å². The summed E-state index contributed by atoms with van der Waals surface area (Å²) in [5.41, 5.74) is 8.40. The summed E-state index contributed by atoms with van der Waals surface area (Å²) in [6.07, 6.45) is 4.35. The zero-order valence-electron chi connectivity index (χ0n) is 18.4. The molecule has 5 rings (SSSR count). The van der Waals surface area contributed by atoms with Gasteiger partial charge >= 0.3 is 5.97 Å². The highest BCUT2D eigenvalue weighted by molar-refractivity contribution is 5.73. The van der Waals surface area contributed by atoms with Crippen LogP contribution in [-0.4, -0.2) is 35.6 Å². The average molecular weight is 429 g/mol. The molecule has 2 aliphatic carbocycles. The molecule has 0 radical (unpaired) electrons. The fourth-order valence-electron chi connectivity index (χ4n) is 4.92. The van der Waals surface area contributed by atoms with Gasteiger partial charge in [0.1, 0.15) is 12.4 Å². The van der Waals surface area contributed by atoms with E-state index in [4.69, 9.17) is 9.84 Å². The highest BCUT2D eigenvalue weighted by atomic mass is 16.5. The smallest absolute Gasteiger partial charge is 0.309 e. The van der Waals surface area contributed by atoms with Crippen LogP contribution in [0.1, 0.15) is 59.9 Å². The Morgan fingerprint density at radius 2 is 2.00 bits per heavy atom. The van der Waals surface area contributed by atoms with Crippen molar-refractivity contribution in [2.75, 3.05) is 19.6 Å². The molecule has 1 saturated heterocycles. The van der Waals surface area contributed by atoms with Gasteiger partial charge in [0, 0.05) is 19.6 Å². The lowest BCUT2D eigenvalue weighted by atomic mass is 9.85. The first-order valence-corrected chi connectivity index (χ1v) is 11.4. The molecule has 0 amide bonds. The summed E-state index contributed by atoms with van der Waals surface area (Å²) in [6, 6.07) is 14.7. The molecular weight excluding hydrogens is 400 g/mol. The van der Waals surface area contributed by atoms with E-state index in [0.717, 1.165) is 36.3 Å². The number of hydrogen-bond donors (Lipinski definition) is 1. The second-order valence-electron chi connectivity index (χ2n) is 9.37. The number of rotatable bonds is 7. The first kappa shape index (κ1) is 20.8. The van der Waals surface area contributed by atoms with Crippen molar-refractivity contribution in [3.63, 3.8) is 0 Å². The number of nitriles is 1. The quantitative estimate of drug-likeness (QED) is 0.689. The van der Waals surface area contributed by atoms with Crippen LogP contribution >= 0.6 is 0 Å². The summed E-state index contributed by atoms with van der Waals surface area (Å²) >= 11 is 0. The molecule has 2 fully saturated rings. The van der Waals surface area contributed by atoms with E-state index in [1.165, 1.54) is 40.7 Å². The maximum atomic E-state index is 11.0. The highest BCUT2D eigenvalue weighted by Crippen LogP contribution is 2.42. The van der Waals surface area contributed by atoms with E-state index in [1.807, 2.05) is 18.2 Å². The molecule has 2 aromatic carbocycles. The van der Waals surface area contributed by atoms with Crippen LogP contribution in [0, 0.1) is 17.2 Å². The lowest BCUT2D eigenvalue weighted by Gasteiger charge is -2.38. The van der Waals surface area contributed by atoms with Crippen LogP contribution < -0.4 is 4.74 Å². The van der Waals surface area contributed by atoms with Crippen LogP contribution in [0.5, 0.6) is 5.75 Å². The fraction of sp³-hybridized carbons (Fsp3) is 0.407. The van der Waals surface area contributed by atoms with Crippen molar-refractivity contribution in [1.82, 2.24) is 4.90 Å². The van der Waals surface area contributed by atoms with Gasteiger partial charge < -0.3 is 9.84 Å². The van der Waals surface area contributed by atoms with Crippen molar-refractivity contribution in [2.45, 2.75) is 45.1 Å². The van der Waals surface area contributed by atoms with E-state index in [2.05, 4.69) is 36.1 Å². The molecule has 3 aliphatic rings. The molecule has 0 atom stereocenters. The van der Waals surface area contributed by atoms with Crippen molar-refractivity contribution < 1.29 is 14.6 Å². The number of benzene rings is 2. The summed E-state index contributed by atoms with van der Waals surface area (Å²) in [4.78, 5) is 13.3. The molecule has 0 aromatic heterocycles. The average Bonchev–Trinajstić information content (AvgIpc) is 3.60.